The van der Waals surface area contributed by atoms with Crippen LogP contribution in [0.5, 0.6) is 0 Å². The van der Waals surface area contributed by atoms with Crippen molar-refractivity contribution in [2.75, 3.05) is 0 Å². The van der Waals surface area contributed by atoms with Crippen molar-refractivity contribution in [3.63, 3.8) is 0 Å². The summed E-state index contributed by atoms with van der Waals surface area (Å²) in [6.07, 6.45) is 4.56. The van der Waals surface area contributed by atoms with Gasteiger partial charge in [-0.25, -0.2) is 0 Å². The molecule has 108 valence electrons. The van der Waals surface area contributed by atoms with Crippen molar-refractivity contribution < 1.29 is 40.2 Å². The van der Waals surface area contributed by atoms with Crippen LogP contribution in [0.4, 0.5) is 0 Å². The van der Waals surface area contributed by atoms with Crippen LogP contribution in [-0.4, -0.2) is 22.2 Å². The van der Waals surface area contributed by atoms with E-state index in [4.69, 9.17) is 19.8 Å². The molecule has 0 aromatic rings. The van der Waals surface area contributed by atoms with Gasteiger partial charge in [0.1, 0.15) is 0 Å². The molecule has 0 atom stereocenters. The first-order chi connectivity index (χ1) is 7.29. The van der Waals surface area contributed by atoms with Gasteiger partial charge in [-0.2, -0.15) is 12.8 Å². The Morgan fingerprint density at radius 2 is 0.941 bits per heavy atom. The third kappa shape index (κ3) is 1120. The maximum absolute atomic E-state index is 9.00. The maximum Gasteiger partial charge on any atom is 2.00 e. The summed E-state index contributed by atoms with van der Waals surface area (Å²) in [6.45, 7) is 13.6. The van der Waals surface area contributed by atoms with Gasteiger partial charge in [0, 0.05) is 13.8 Å². The van der Waals surface area contributed by atoms with Crippen LogP contribution in [0, 0.1) is 13.8 Å². The molecular weight excluding hydrogens is 315 g/mol. The van der Waals surface area contributed by atoms with Crippen LogP contribution in [0.3, 0.4) is 0 Å². The minimum atomic E-state index is -0.833. The number of aliphatic carboxylic acids is 2. The number of unbranched alkanes of at least 4 members (excludes halogenated alkanes) is 2. The first-order valence-electron chi connectivity index (χ1n) is 5.27. The monoisotopic (exact) mass is 340 g/mol. The van der Waals surface area contributed by atoms with Gasteiger partial charge < -0.3 is 24.1 Å². The zero-order valence-electron chi connectivity index (χ0n) is 11.3. The molecule has 0 saturated heterocycles. The van der Waals surface area contributed by atoms with Gasteiger partial charge >= 0.3 is 20.4 Å². The molecule has 0 aliphatic rings. The third-order valence-corrected chi connectivity index (χ3v) is 0.707. The Balaban J connectivity index is -0.0000000369. The van der Waals surface area contributed by atoms with E-state index in [-0.39, 0.29) is 20.4 Å². The first kappa shape index (κ1) is 30.0. The molecule has 0 rings (SSSR count). The molecular formula is C12H26O4Pd. The quantitative estimate of drug-likeness (QED) is 0.596. The standard InChI is InChI=1S/2C4H9.2C2H4O2.Pd/c2*1-3-4-2;2*1-2(3)4;/h2*1,3-4H2,2H3;2*1H3,(H,3,4);/q2*-1;;;+2. The summed E-state index contributed by atoms with van der Waals surface area (Å²) in [4.78, 5) is 18.0. The van der Waals surface area contributed by atoms with Gasteiger partial charge in [-0.3, -0.25) is 9.59 Å². The first-order valence-corrected chi connectivity index (χ1v) is 5.27. The topological polar surface area (TPSA) is 74.6 Å². The predicted molar refractivity (Wildman–Crippen MR) is 67.1 cm³/mol. The molecule has 0 unspecified atom stereocenters. The molecule has 0 aliphatic heterocycles. The van der Waals surface area contributed by atoms with Crippen LogP contribution in [0.2, 0.25) is 0 Å². The van der Waals surface area contributed by atoms with E-state index in [9.17, 15) is 0 Å². The number of carboxylic acid groups (broad SMARTS) is 2. The fraction of sp³-hybridized carbons (Fsp3) is 0.667. The van der Waals surface area contributed by atoms with E-state index in [2.05, 4.69) is 27.7 Å². The van der Waals surface area contributed by atoms with Gasteiger partial charge in [0.15, 0.2) is 0 Å². The summed E-state index contributed by atoms with van der Waals surface area (Å²) in [7, 11) is 0. The van der Waals surface area contributed by atoms with Crippen LogP contribution >= 0.6 is 0 Å². The van der Waals surface area contributed by atoms with Gasteiger partial charge in [-0.15, -0.1) is 0 Å². The molecule has 0 amide bonds. The summed E-state index contributed by atoms with van der Waals surface area (Å²) in [6, 6.07) is 0. The number of carboxylic acids is 2. The Labute approximate surface area is 119 Å². The molecule has 0 aliphatic carbocycles. The van der Waals surface area contributed by atoms with E-state index in [1.165, 1.54) is 12.8 Å². The second-order valence-corrected chi connectivity index (χ2v) is 2.75. The van der Waals surface area contributed by atoms with Crippen LogP contribution in [-0.2, 0) is 30.0 Å². The fourth-order valence-electron chi connectivity index (χ4n) is 0. The van der Waals surface area contributed by atoms with Gasteiger partial charge in [-0.1, -0.05) is 26.7 Å². The average molecular weight is 341 g/mol. The van der Waals surface area contributed by atoms with Crippen molar-refractivity contribution in [3.8, 4) is 0 Å². The number of carbonyl (C=O) groups is 2. The molecule has 0 aromatic heterocycles. The predicted octanol–water partition coefficient (Wildman–Crippen LogP) is 3.42. The second-order valence-electron chi connectivity index (χ2n) is 2.75. The van der Waals surface area contributed by atoms with Crippen LogP contribution in [0.25, 0.3) is 0 Å². The average Bonchev–Trinajstić information content (AvgIpc) is 2.16. The smallest absolute Gasteiger partial charge is 0.481 e. The Hall–Kier alpha value is -0.398. The summed E-state index contributed by atoms with van der Waals surface area (Å²) in [5, 5.41) is 14.8. The summed E-state index contributed by atoms with van der Waals surface area (Å²) in [5.74, 6) is -1.67. The summed E-state index contributed by atoms with van der Waals surface area (Å²) >= 11 is 0. The molecule has 4 nitrogen and oxygen atoms in total. The van der Waals surface area contributed by atoms with Crippen molar-refractivity contribution in [1.29, 1.82) is 0 Å². The summed E-state index contributed by atoms with van der Waals surface area (Å²) < 4.78 is 0. The summed E-state index contributed by atoms with van der Waals surface area (Å²) in [5.41, 5.74) is 0. The molecule has 17 heavy (non-hydrogen) atoms. The molecule has 0 saturated carbocycles. The molecule has 0 aromatic carbocycles. The van der Waals surface area contributed by atoms with E-state index in [0.717, 1.165) is 26.7 Å². The van der Waals surface area contributed by atoms with Gasteiger partial charge in [0.05, 0.1) is 0 Å². The molecule has 2 N–H and O–H groups in total. The fourth-order valence-corrected chi connectivity index (χ4v) is 0. The van der Waals surface area contributed by atoms with Crippen LogP contribution in [0.1, 0.15) is 53.4 Å². The van der Waals surface area contributed by atoms with Gasteiger partial charge in [0.25, 0.3) is 11.9 Å². The second kappa shape index (κ2) is 36.1. The van der Waals surface area contributed by atoms with Crippen molar-refractivity contribution in [2.24, 2.45) is 0 Å². The maximum atomic E-state index is 9.00. The molecule has 0 radical (unpaired) electrons. The Morgan fingerprint density at radius 1 is 0.882 bits per heavy atom. The van der Waals surface area contributed by atoms with Crippen molar-refractivity contribution >= 4 is 11.9 Å². The Bertz CT molecular complexity index is 110. The van der Waals surface area contributed by atoms with E-state index in [0.29, 0.717) is 0 Å². The van der Waals surface area contributed by atoms with Gasteiger partial charge in [-0.05, 0) is 0 Å². The van der Waals surface area contributed by atoms with Gasteiger partial charge in [0.2, 0.25) is 0 Å². The largest absolute Gasteiger partial charge is 2.00 e. The normalized spacial score (nSPS) is 6.47. The number of rotatable bonds is 2. The third-order valence-electron chi connectivity index (χ3n) is 0.707. The zero-order valence-corrected chi connectivity index (χ0v) is 12.8. The molecule has 5 heteroatoms. The van der Waals surface area contributed by atoms with E-state index in [1.807, 2.05) is 0 Å². The van der Waals surface area contributed by atoms with Crippen molar-refractivity contribution in [1.82, 2.24) is 0 Å². The Kier molecular flexibility index (Phi) is 63.7. The van der Waals surface area contributed by atoms with Crippen LogP contribution in [0.15, 0.2) is 0 Å². The van der Waals surface area contributed by atoms with E-state index in [1.54, 1.807) is 0 Å². The Morgan fingerprint density at radius 3 is 0.941 bits per heavy atom. The number of hydrogen-bond donors (Lipinski definition) is 2. The molecule has 0 heterocycles. The SMILES string of the molecule is CC(=O)O.CC(=O)O.[CH2-]CCC.[CH2-]CCC.[Pd+2]. The van der Waals surface area contributed by atoms with Crippen molar-refractivity contribution in [3.05, 3.63) is 13.8 Å². The molecule has 0 fully saturated rings. The van der Waals surface area contributed by atoms with Crippen molar-refractivity contribution in [2.45, 2.75) is 53.4 Å². The number of hydrogen-bond acceptors (Lipinski definition) is 2. The minimum Gasteiger partial charge on any atom is -0.481 e. The minimum absolute atomic E-state index is 0. The van der Waals surface area contributed by atoms with Crippen LogP contribution < -0.4 is 0 Å². The zero-order chi connectivity index (χ0) is 14.0. The van der Waals surface area contributed by atoms with E-state index >= 15 is 0 Å². The molecule has 0 bridgehead atoms. The van der Waals surface area contributed by atoms with E-state index < -0.39 is 11.9 Å². The molecule has 0 spiro atoms.